The molecule has 0 aliphatic heterocycles. The zero-order valence-corrected chi connectivity index (χ0v) is 16.8. The molecule has 8 heteroatoms. The molecule has 30 heavy (non-hydrogen) atoms. The van der Waals surface area contributed by atoms with Crippen molar-refractivity contribution in [1.29, 1.82) is 0 Å². The molecule has 0 bridgehead atoms. The number of aromatic nitrogens is 6. The third-order valence-electron chi connectivity index (χ3n) is 5.71. The molecule has 1 saturated carbocycles. The van der Waals surface area contributed by atoms with E-state index >= 15 is 0 Å². The van der Waals surface area contributed by atoms with Gasteiger partial charge in [-0.15, -0.1) is 5.10 Å². The fourth-order valence-corrected chi connectivity index (χ4v) is 4.24. The van der Waals surface area contributed by atoms with Gasteiger partial charge in [0.15, 0.2) is 5.82 Å². The Morgan fingerprint density at radius 2 is 1.90 bits per heavy atom. The second-order valence-corrected chi connectivity index (χ2v) is 7.79. The van der Waals surface area contributed by atoms with E-state index in [9.17, 15) is 4.79 Å². The standard InChI is InChI=1S/C22H23N7O/c1-15-12-20(18-4-2-3-5-19(18)25-15)26-16-6-8-17(9-7-16)29-22(30)11-10-21(27-29)28-14-23-13-24-28/h2-5,10-14,16-17H,6-9H2,1H3,(H,25,26). The summed E-state index contributed by atoms with van der Waals surface area (Å²) in [6.07, 6.45) is 6.78. The van der Waals surface area contributed by atoms with Crippen molar-refractivity contribution < 1.29 is 0 Å². The van der Waals surface area contributed by atoms with Crippen molar-refractivity contribution in [1.82, 2.24) is 29.5 Å². The minimum absolute atomic E-state index is 0.0778. The summed E-state index contributed by atoms with van der Waals surface area (Å²) in [4.78, 5) is 21.0. The number of para-hydroxylation sites is 1. The Kier molecular flexibility index (Phi) is 4.74. The van der Waals surface area contributed by atoms with Crippen molar-refractivity contribution >= 4 is 16.6 Å². The van der Waals surface area contributed by atoms with Crippen molar-refractivity contribution in [3.05, 3.63) is 71.2 Å². The summed E-state index contributed by atoms with van der Waals surface area (Å²) in [6.45, 7) is 2.02. The van der Waals surface area contributed by atoms with Gasteiger partial charge in [0.25, 0.3) is 5.56 Å². The number of pyridine rings is 1. The van der Waals surface area contributed by atoms with Crippen LogP contribution in [0.25, 0.3) is 16.7 Å². The number of nitrogens with zero attached hydrogens (tertiary/aromatic N) is 6. The van der Waals surface area contributed by atoms with E-state index in [1.807, 2.05) is 25.1 Å². The third kappa shape index (κ3) is 3.56. The van der Waals surface area contributed by atoms with Crippen molar-refractivity contribution in [3.8, 4) is 5.82 Å². The van der Waals surface area contributed by atoms with Gasteiger partial charge in [-0.1, -0.05) is 18.2 Å². The number of hydrogen-bond acceptors (Lipinski definition) is 6. The van der Waals surface area contributed by atoms with Crippen LogP contribution in [0.5, 0.6) is 0 Å². The van der Waals surface area contributed by atoms with Gasteiger partial charge in [0.2, 0.25) is 0 Å². The molecule has 3 aromatic heterocycles. The highest BCUT2D eigenvalue weighted by Gasteiger charge is 2.24. The SMILES string of the molecule is Cc1cc(NC2CCC(n3nc(-n4cncn4)ccc3=O)CC2)c2ccccc2n1. The van der Waals surface area contributed by atoms with E-state index in [1.165, 1.54) is 6.33 Å². The molecule has 1 aliphatic carbocycles. The summed E-state index contributed by atoms with van der Waals surface area (Å²) in [7, 11) is 0. The first kappa shape index (κ1) is 18.5. The first-order chi connectivity index (χ1) is 14.7. The van der Waals surface area contributed by atoms with E-state index in [4.69, 9.17) is 0 Å². The molecule has 0 spiro atoms. The number of rotatable bonds is 4. The van der Waals surface area contributed by atoms with Crippen LogP contribution in [-0.4, -0.2) is 35.6 Å². The van der Waals surface area contributed by atoms with Gasteiger partial charge in [-0.2, -0.15) is 5.10 Å². The number of anilines is 1. The highest BCUT2D eigenvalue weighted by atomic mass is 16.1. The lowest BCUT2D eigenvalue weighted by Gasteiger charge is -2.30. The van der Waals surface area contributed by atoms with Gasteiger partial charge in [-0.3, -0.25) is 9.78 Å². The maximum atomic E-state index is 12.4. The third-order valence-corrected chi connectivity index (χ3v) is 5.71. The molecular weight excluding hydrogens is 378 g/mol. The van der Waals surface area contributed by atoms with Crippen LogP contribution in [0.3, 0.4) is 0 Å². The van der Waals surface area contributed by atoms with Crippen LogP contribution in [0.1, 0.15) is 37.4 Å². The van der Waals surface area contributed by atoms with Crippen molar-refractivity contribution in [2.24, 2.45) is 0 Å². The second kappa shape index (κ2) is 7.70. The Labute approximate surface area is 173 Å². The minimum atomic E-state index is -0.0778. The molecule has 0 unspecified atom stereocenters. The molecule has 1 fully saturated rings. The predicted molar refractivity (Wildman–Crippen MR) is 115 cm³/mol. The smallest absolute Gasteiger partial charge is 0.267 e. The van der Waals surface area contributed by atoms with Gasteiger partial charge in [-0.25, -0.2) is 14.3 Å². The Bertz CT molecular complexity index is 1220. The summed E-state index contributed by atoms with van der Waals surface area (Å²) in [5.41, 5.74) is 3.07. The van der Waals surface area contributed by atoms with Gasteiger partial charge < -0.3 is 5.32 Å². The average Bonchev–Trinajstić information content (AvgIpc) is 3.30. The molecule has 1 aromatic carbocycles. The monoisotopic (exact) mass is 401 g/mol. The number of benzene rings is 1. The molecule has 152 valence electrons. The lowest BCUT2D eigenvalue weighted by atomic mass is 9.91. The summed E-state index contributed by atoms with van der Waals surface area (Å²) in [6, 6.07) is 14.0. The van der Waals surface area contributed by atoms with E-state index in [0.717, 1.165) is 48.0 Å². The Balaban J connectivity index is 1.32. The quantitative estimate of drug-likeness (QED) is 0.564. The molecule has 1 aliphatic rings. The number of nitrogens with one attached hydrogen (secondary N) is 1. The maximum Gasteiger partial charge on any atom is 0.267 e. The van der Waals surface area contributed by atoms with Crippen LogP contribution in [0.4, 0.5) is 5.69 Å². The largest absolute Gasteiger partial charge is 0.382 e. The van der Waals surface area contributed by atoms with Gasteiger partial charge in [0, 0.05) is 28.9 Å². The second-order valence-electron chi connectivity index (χ2n) is 7.79. The summed E-state index contributed by atoms with van der Waals surface area (Å²) < 4.78 is 3.18. The van der Waals surface area contributed by atoms with Crippen molar-refractivity contribution in [2.75, 3.05) is 5.32 Å². The predicted octanol–water partition coefficient (Wildman–Crippen LogP) is 3.28. The molecule has 5 rings (SSSR count). The molecule has 0 saturated heterocycles. The normalized spacial score (nSPS) is 19.1. The van der Waals surface area contributed by atoms with Crippen molar-refractivity contribution in [2.45, 2.75) is 44.7 Å². The number of hydrogen-bond donors (Lipinski definition) is 1. The van der Waals surface area contributed by atoms with Crippen LogP contribution >= 0.6 is 0 Å². The molecule has 4 aromatic rings. The fourth-order valence-electron chi connectivity index (χ4n) is 4.24. The average molecular weight is 401 g/mol. The molecule has 3 heterocycles. The molecule has 1 N–H and O–H groups in total. The van der Waals surface area contributed by atoms with Gasteiger partial charge in [0.1, 0.15) is 12.7 Å². The molecule has 0 atom stereocenters. The molecular formula is C22H23N7O. The zero-order valence-electron chi connectivity index (χ0n) is 16.8. The first-order valence-electron chi connectivity index (χ1n) is 10.3. The number of aryl methyl sites for hydroxylation is 1. The highest BCUT2D eigenvalue weighted by Crippen LogP contribution is 2.31. The Morgan fingerprint density at radius 1 is 1.07 bits per heavy atom. The van der Waals surface area contributed by atoms with E-state index in [2.05, 4.69) is 37.6 Å². The highest BCUT2D eigenvalue weighted by molar-refractivity contribution is 5.91. The Hall–Kier alpha value is -3.55. The van der Waals surface area contributed by atoms with Gasteiger partial charge >= 0.3 is 0 Å². The maximum absolute atomic E-state index is 12.4. The van der Waals surface area contributed by atoms with Crippen LogP contribution < -0.4 is 10.9 Å². The Morgan fingerprint density at radius 3 is 2.70 bits per heavy atom. The summed E-state index contributed by atoms with van der Waals surface area (Å²) >= 11 is 0. The van der Waals surface area contributed by atoms with Gasteiger partial charge in [0.05, 0.1) is 11.6 Å². The lowest BCUT2D eigenvalue weighted by Crippen LogP contribution is -2.33. The summed E-state index contributed by atoms with van der Waals surface area (Å²) in [5.74, 6) is 0.603. The lowest BCUT2D eigenvalue weighted by molar-refractivity contribution is 0.303. The fraction of sp³-hybridized carbons (Fsp3) is 0.318. The summed E-state index contributed by atoms with van der Waals surface area (Å²) in [5, 5.41) is 13.5. The van der Waals surface area contributed by atoms with Crippen LogP contribution in [0, 0.1) is 6.92 Å². The van der Waals surface area contributed by atoms with Crippen LogP contribution in [0.2, 0.25) is 0 Å². The molecule has 8 nitrogen and oxygen atoms in total. The van der Waals surface area contributed by atoms with Gasteiger partial charge in [-0.05, 0) is 50.8 Å². The molecule has 0 radical (unpaired) electrons. The van der Waals surface area contributed by atoms with E-state index < -0.39 is 0 Å². The first-order valence-corrected chi connectivity index (χ1v) is 10.3. The van der Waals surface area contributed by atoms with Crippen LogP contribution in [-0.2, 0) is 0 Å². The number of fused-ring (bicyclic) bond motifs is 1. The van der Waals surface area contributed by atoms with Crippen LogP contribution in [0.15, 0.2) is 59.9 Å². The minimum Gasteiger partial charge on any atom is -0.382 e. The topological polar surface area (TPSA) is 90.5 Å². The molecule has 0 amide bonds. The van der Waals surface area contributed by atoms with E-state index in [-0.39, 0.29) is 11.6 Å². The van der Waals surface area contributed by atoms with E-state index in [0.29, 0.717) is 11.9 Å². The van der Waals surface area contributed by atoms with E-state index in [1.54, 1.807) is 27.8 Å². The zero-order chi connectivity index (χ0) is 20.5. The van der Waals surface area contributed by atoms with Crippen molar-refractivity contribution in [3.63, 3.8) is 0 Å².